The molecule has 10 rings (SSSR count). The number of fused-ring (bicyclic) bond motifs is 4. The van der Waals surface area contributed by atoms with Crippen LogP contribution in [0.4, 0.5) is 4.79 Å². The van der Waals surface area contributed by atoms with Crippen molar-refractivity contribution in [3.05, 3.63) is 0 Å². The second kappa shape index (κ2) is 11.4. The zero-order chi connectivity index (χ0) is 33.1. The molecule has 47 heavy (non-hydrogen) atoms. The van der Waals surface area contributed by atoms with Gasteiger partial charge in [0.05, 0.1) is 24.0 Å². The molecule has 10 nitrogen and oxygen atoms in total. The Bertz CT molecular complexity index is 1280. The molecule has 16 atom stereocenters. The summed E-state index contributed by atoms with van der Waals surface area (Å²) in [6.07, 6.45) is 9.74. The largest absolute Gasteiger partial charge is 0.435 e. The molecule has 264 valence electrons. The molecule has 0 aromatic heterocycles. The summed E-state index contributed by atoms with van der Waals surface area (Å²) >= 11 is 0. The van der Waals surface area contributed by atoms with E-state index in [1.165, 1.54) is 11.3 Å². The van der Waals surface area contributed by atoms with Gasteiger partial charge in [0, 0.05) is 33.4 Å². The first-order valence-electron chi connectivity index (χ1n) is 18.8. The van der Waals surface area contributed by atoms with E-state index >= 15 is 0 Å². The average molecular weight is 659 g/mol. The molecule has 10 heteroatoms. The highest BCUT2D eigenvalue weighted by Gasteiger charge is 2.70. The number of hydrogen-bond acceptors (Lipinski definition) is 9. The standard InChI is InChI=1S/C37H58N2O8/c1-20-9-11-26-22(3)29(41-30-18-34(5)15-13-24(20)36(26,30)46-44-34)17-28(38-43-33(40)39(7)8)32-23(4)27-12-10-21(2)25-14-16-35(6)19-31(42-32)37(25,27)47-45-35/h20-27,29-32H,9-19H2,1-8H3/b38-28-/t20-,21-,22-,23-,24+,25+,26+,27+,29-,30-,31-,32+,34+,35+,36-,37-/m1/s1. The highest BCUT2D eigenvalue weighted by atomic mass is 17.2. The molecule has 6 aliphatic heterocycles. The van der Waals surface area contributed by atoms with Crippen LogP contribution in [0.3, 0.4) is 0 Å². The molecule has 2 spiro atoms. The molecule has 4 aliphatic carbocycles. The molecule has 1 amide bonds. The minimum absolute atomic E-state index is 0.0510. The number of carbonyl (C=O) groups excluding carboxylic acids is 1. The highest BCUT2D eigenvalue weighted by Crippen LogP contribution is 2.63. The van der Waals surface area contributed by atoms with E-state index in [0.29, 0.717) is 36.0 Å². The molecule has 10 aliphatic rings. The summed E-state index contributed by atoms with van der Waals surface area (Å²) in [5, 5.41) is 4.67. The van der Waals surface area contributed by atoms with Gasteiger partial charge in [-0.3, -0.25) is 4.84 Å². The van der Waals surface area contributed by atoms with Crippen LogP contribution in [-0.4, -0.2) is 77.6 Å². The van der Waals surface area contributed by atoms with E-state index in [2.05, 4.69) is 46.7 Å². The fourth-order valence-electron chi connectivity index (χ4n) is 12.2. The summed E-state index contributed by atoms with van der Waals surface area (Å²) in [7, 11) is 3.36. The van der Waals surface area contributed by atoms with Crippen molar-refractivity contribution in [2.45, 2.75) is 159 Å². The van der Waals surface area contributed by atoms with Gasteiger partial charge in [-0.15, -0.1) is 0 Å². The van der Waals surface area contributed by atoms with Crippen LogP contribution >= 0.6 is 0 Å². The minimum atomic E-state index is -0.494. The predicted molar refractivity (Wildman–Crippen MR) is 173 cm³/mol. The number of hydrogen-bond donors (Lipinski definition) is 0. The van der Waals surface area contributed by atoms with E-state index in [9.17, 15) is 4.79 Å². The average Bonchev–Trinajstić information content (AvgIpc) is 3.41. The van der Waals surface area contributed by atoms with Gasteiger partial charge in [-0.05, 0) is 113 Å². The third kappa shape index (κ3) is 4.84. The zero-order valence-electron chi connectivity index (χ0n) is 29.9. The molecule has 4 saturated carbocycles. The van der Waals surface area contributed by atoms with Crippen molar-refractivity contribution in [3.63, 3.8) is 0 Å². The first kappa shape index (κ1) is 32.9. The van der Waals surface area contributed by atoms with Crippen LogP contribution in [0.2, 0.25) is 0 Å². The fourth-order valence-corrected chi connectivity index (χ4v) is 12.2. The number of rotatable bonds is 4. The van der Waals surface area contributed by atoms with Crippen molar-refractivity contribution >= 4 is 11.8 Å². The number of nitrogens with zero attached hydrogens (tertiary/aromatic N) is 2. The Kier molecular flexibility index (Phi) is 7.94. The fraction of sp³-hybridized carbons (Fsp3) is 0.946. The van der Waals surface area contributed by atoms with E-state index in [1.807, 2.05) is 0 Å². The molecule has 0 aromatic rings. The summed E-state index contributed by atoms with van der Waals surface area (Å²) in [6, 6.07) is 0. The van der Waals surface area contributed by atoms with E-state index in [4.69, 9.17) is 33.9 Å². The lowest BCUT2D eigenvalue weighted by Crippen LogP contribution is -2.71. The molecule has 0 aromatic carbocycles. The van der Waals surface area contributed by atoms with Gasteiger partial charge in [0.2, 0.25) is 0 Å². The van der Waals surface area contributed by atoms with Crippen molar-refractivity contribution < 1.29 is 38.7 Å². The Labute approximate surface area is 280 Å². The van der Waals surface area contributed by atoms with E-state index in [1.54, 1.807) is 14.1 Å². The van der Waals surface area contributed by atoms with Crippen LogP contribution in [0.15, 0.2) is 5.16 Å². The van der Waals surface area contributed by atoms with Crippen LogP contribution < -0.4 is 0 Å². The van der Waals surface area contributed by atoms with Crippen LogP contribution in [-0.2, 0) is 33.9 Å². The van der Waals surface area contributed by atoms with Crippen molar-refractivity contribution in [1.82, 2.24) is 4.90 Å². The number of carbonyl (C=O) groups is 1. The summed E-state index contributed by atoms with van der Waals surface area (Å²) in [4.78, 5) is 45.4. The van der Waals surface area contributed by atoms with Crippen molar-refractivity contribution in [2.75, 3.05) is 14.1 Å². The van der Waals surface area contributed by atoms with Gasteiger partial charge in [0.25, 0.3) is 0 Å². The molecular weight excluding hydrogens is 600 g/mol. The Morgan fingerprint density at radius 1 is 0.723 bits per heavy atom. The maximum Gasteiger partial charge on any atom is 0.435 e. The molecule has 0 unspecified atom stereocenters. The normalized spacial score (nSPS) is 54.9. The molecule has 6 heterocycles. The predicted octanol–water partition coefficient (Wildman–Crippen LogP) is 6.85. The van der Waals surface area contributed by atoms with E-state index in [-0.39, 0.29) is 53.4 Å². The SMILES string of the molecule is C[C@H]1[C@@H](/C(C[C@H]2O[C@@H]3C[C@]4(C)CC[C@H]5[C@H](C)CC[C@@H]([C@H]2C)[C@@]35OO4)=N\OC(=O)N(C)C)O[C@@H]2C[C@]3(C)CC[C@H]4[C@H](C)CC[C@@H]1[C@@]24OO3. The van der Waals surface area contributed by atoms with Crippen LogP contribution in [0.1, 0.15) is 112 Å². The van der Waals surface area contributed by atoms with Crippen molar-refractivity contribution in [1.29, 1.82) is 0 Å². The maximum absolute atomic E-state index is 12.8. The second-order valence-corrected chi connectivity index (χ2v) is 17.9. The number of ether oxygens (including phenoxy) is 2. The molecule has 6 saturated heterocycles. The quantitative estimate of drug-likeness (QED) is 0.140. The maximum atomic E-state index is 12.8. The van der Waals surface area contributed by atoms with Crippen LogP contribution in [0.5, 0.6) is 0 Å². The highest BCUT2D eigenvalue weighted by molar-refractivity contribution is 5.90. The zero-order valence-corrected chi connectivity index (χ0v) is 29.9. The third-order valence-electron chi connectivity index (χ3n) is 14.9. The lowest BCUT2D eigenvalue weighted by atomic mass is 9.55. The smallest absolute Gasteiger partial charge is 0.371 e. The van der Waals surface area contributed by atoms with Gasteiger partial charge in [0.15, 0.2) is 0 Å². The lowest BCUT2D eigenvalue weighted by Gasteiger charge is -2.62. The van der Waals surface area contributed by atoms with Gasteiger partial charge in [-0.2, -0.15) is 0 Å². The van der Waals surface area contributed by atoms with Crippen LogP contribution in [0.25, 0.3) is 0 Å². The Balaban J connectivity index is 1.13. The second-order valence-electron chi connectivity index (χ2n) is 17.9. The Hall–Kier alpha value is -1.30. The molecular formula is C37H58N2O8. The first-order chi connectivity index (χ1) is 22.3. The van der Waals surface area contributed by atoms with Gasteiger partial charge in [0.1, 0.15) is 28.5 Å². The summed E-state index contributed by atoms with van der Waals surface area (Å²) in [5.41, 5.74) is -0.838. The lowest BCUT2D eigenvalue weighted by molar-refractivity contribution is -0.487. The third-order valence-corrected chi connectivity index (χ3v) is 14.9. The Morgan fingerprint density at radius 3 is 1.81 bits per heavy atom. The van der Waals surface area contributed by atoms with E-state index < -0.39 is 17.3 Å². The first-order valence-corrected chi connectivity index (χ1v) is 18.8. The number of amides is 1. The molecule has 0 N–H and O–H groups in total. The summed E-state index contributed by atoms with van der Waals surface area (Å²) in [6.45, 7) is 13.7. The topological polar surface area (TPSA) is 97.3 Å². The molecule has 4 bridgehead atoms. The van der Waals surface area contributed by atoms with Gasteiger partial charge < -0.3 is 14.4 Å². The van der Waals surface area contributed by atoms with Gasteiger partial charge in [-0.25, -0.2) is 24.3 Å². The minimum Gasteiger partial charge on any atom is -0.371 e. The van der Waals surface area contributed by atoms with Crippen LogP contribution in [0, 0.1) is 47.3 Å². The summed E-state index contributed by atoms with van der Waals surface area (Å²) < 4.78 is 14.5. The Morgan fingerprint density at radius 2 is 1.26 bits per heavy atom. The summed E-state index contributed by atoms with van der Waals surface area (Å²) in [5.74, 6) is 2.80. The molecule has 0 radical (unpaired) electrons. The van der Waals surface area contributed by atoms with Crippen molar-refractivity contribution in [3.8, 4) is 0 Å². The monoisotopic (exact) mass is 658 g/mol. The van der Waals surface area contributed by atoms with Crippen molar-refractivity contribution in [2.24, 2.45) is 52.5 Å². The van der Waals surface area contributed by atoms with E-state index in [0.717, 1.165) is 63.5 Å². The number of oxime groups is 1. The van der Waals surface area contributed by atoms with Gasteiger partial charge >= 0.3 is 6.09 Å². The molecule has 10 fully saturated rings. The van der Waals surface area contributed by atoms with Gasteiger partial charge in [-0.1, -0.05) is 32.9 Å².